The highest BCUT2D eigenvalue weighted by Gasteiger charge is 2.25. The second-order valence-electron chi connectivity index (χ2n) is 4.41. The topological polar surface area (TPSA) is 72.9 Å². The van der Waals surface area contributed by atoms with Gasteiger partial charge >= 0.3 is 0 Å². The third-order valence-electron chi connectivity index (χ3n) is 2.70. The molecule has 0 radical (unpaired) electrons. The fourth-order valence-corrected chi connectivity index (χ4v) is 1.60. The molecule has 2 rings (SSSR count). The van der Waals surface area contributed by atoms with Gasteiger partial charge in [-0.3, -0.25) is 4.79 Å². The molecule has 1 atom stereocenters. The van der Waals surface area contributed by atoms with Gasteiger partial charge in [0, 0.05) is 31.0 Å². The first-order chi connectivity index (χ1) is 7.68. The monoisotopic (exact) mass is 222 g/mol. The van der Waals surface area contributed by atoms with Crippen LogP contribution in [0.1, 0.15) is 32.2 Å². The van der Waals surface area contributed by atoms with E-state index in [1.54, 1.807) is 17.0 Å². The number of nitrogens with two attached hydrogens (primary N) is 1. The van der Waals surface area contributed by atoms with Gasteiger partial charge in [0.05, 0.1) is 0 Å². The second kappa shape index (κ2) is 4.65. The van der Waals surface area contributed by atoms with Crippen LogP contribution < -0.4 is 16.6 Å². The Morgan fingerprint density at radius 3 is 3.06 bits per heavy atom. The minimum absolute atomic E-state index is 0.0188. The molecular formula is C11H18N4O. The quantitative estimate of drug-likeness (QED) is 0.770. The molecule has 1 aliphatic rings. The summed E-state index contributed by atoms with van der Waals surface area (Å²) in [5, 5.41) is 3.04. The van der Waals surface area contributed by atoms with Crippen LogP contribution in [0.15, 0.2) is 17.2 Å². The predicted octanol–water partition coefficient (Wildman–Crippen LogP) is 0.727. The van der Waals surface area contributed by atoms with Gasteiger partial charge in [-0.25, -0.2) is 4.98 Å². The highest BCUT2D eigenvalue weighted by atomic mass is 16.1. The SMILES string of the molecule is CC(N)CCNc1nccn(C2CC2)c1=O. The van der Waals surface area contributed by atoms with Crippen molar-refractivity contribution in [2.24, 2.45) is 5.73 Å². The molecule has 0 saturated heterocycles. The summed E-state index contributed by atoms with van der Waals surface area (Å²) in [5.74, 6) is 0.440. The standard InChI is InChI=1S/C11H18N4O/c1-8(12)4-5-13-10-11(16)15(7-6-14-10)9-2-3-9/h6-9H,2-5,12H2,1H3,(H,13,14). The van der Waals surface area contributed by atoms with Crippen LogP contribution >= 0.6 is 0 Å². The lowest BCUT2D eigenvalue weighted by Gasteiger charge is -2.09. The van der Waals surface area contributed by atoms with Gasteiger partial charge in [0.25, 0.3) is 5.56 Å². The Kier molecular flexibility index (Phi) is 3.24. The van der Waals surface area contributed by atoms with E-state index in [0.29, 0.717) is 18.4 Å². The first-order valence-electron chi connectivity index (χ1n) is 5.75. The Hall–Kier alpha value is -1.36. The summed E-state index contributed by atoms with van der Waals surface area (Å²) in [7, 11) is 0. The summed E-state index contributed by atoms with van der Waals surface area (Å²) in [6, 6.07) is 0.534. The van der Waals surface area contributed by atoms with E-state index in [0.717, 1.165) is 19.3 Å². The van der Waals surface area contributed by atoms with Crippen LogP contribution in [0.25, 0.3) is 0 Å². The third kappa shape index (κ3) is 2.61. The molecule has 16 heavy (non-hydrogen) atoms. The lowest BCUT2D eigenvalue weighted by Crippen LogP contribution is -2.26. The molecule has 1 aliphatic carbocycles. The van der Waals surface area contributed by atoms with Gasteiger partial charge in [-0.15, -0.1) is 0 Å². The Balaban J connectivity index is 2.03. The molecule has 0 amide bonds. The molecule has 1 fully saturated rings. The molecule has 1 unspecified atom stereocenters. The molecule has 3 N–H and O–H groups in total. The van der Waals surface area contributed by atoms with Crippen molar-refractivity contribution in [2.45, 2.75) is 38.3 Å². The fourth-order valence-electron chi connectivity index (χ4n) is 1.60. The molecule has 88 valence electrons. The maximum absolute atomic E-state index is 11.9. The van der Waals surface area contributed by atoms with Crippen molar-refractivity contribution in [3.63, 3.8) is 0 Å². The molecular weight excluding hydrogens is 204 g/mol. The molecule has 1 saturated carbocycles. The number of hydrogen-bond acceptors (Lipinski definition) is 4. The van der Waals surface area contributed by atoms with Crippen LogP contribution in [0.4, 0.5) is 5.82 Å². The van der Waals surface area contributed by atoms with E-state index in [1.807, 2.05) is 6.92 Å². The van der Waals surface area contributed by atoms with Crippen molar-refractivity contribution in [3.05, 3.63) is 22.7 Å². The zero-order chi connectivity index (χ0) is 11.5. The smallest absolute Gasteiger partial charge is 0.293 e. The second-order valence-corrected chi connectivity index (χ2v) is 4.41. The normalized spacial score (nSPS) is 17.1. The summed E-state index contributed by atoms with van der Waals surface area (Å²) < 4.78 is 1.77. The maximum Gasteiger partial charge on any atom is 0.293 e. The van der Waals surface area contributed by atoms with E-state index < -0.39 is 0 Å². The van der Waals surface area contributed by atoms with E-state index in [2.05, 4.69) is 10.3 Å². The number of hydrogen-bond donors (Lipinski definition) is 2. The zero-order valence-electron chi connectivity index (χ0n) is 9.52. The average molecular weight is 222 g/mol. The Labute approximate surface area is 94.7 Å². The van der Waals surface area contributed by atoms with Gasteiger partial charge < -0.3 is 15.6 Å². The number of nitrogens with zero attached hydrogens (tertiary/aromatic N) is 2. The van der Waals surface area contributed by atoms with Crippen molar-refractivity contribution >= 4 is 5.82 Å². The minimum Gasteiger partial charge on any atom is -0.365 e. The van der Waals surface area contributed by atoms with Gasteiger partial charge in [-0.1, -0.05) is 0 Å². The number of rotatable bonds is 5. The Bertz CT molecular complexity index is 409. The van der Waals surface area contributed by atoms with Crippen molar-refractivity contribution in [2.75, 3.05) is 11.9 Å². The van der Waals surface area contributed by atoms with Gasteiger partial charge in [0.15, 0.2) is 5.82 Å². The molecule has 0 aliphatic heterocycles. The maximum atomic E-state index is 11.9. The molecule has 5 nitrogen and oxygen atoms in total. The van der Waals surface area contributed by atoms with E-state index in [9.17, 15) is 4.79 Å². The summed E-state index contributed by atoms with van der Waals surface area (Å²) in [6.07, 6.45) is 6.47. The Morgan fingerprint density at radius 2 is 2.44 bits per heavy atom. The average Bonchev–Trinajstić information content (AvgIpc) is 3.04. The lowest BCUT2D eigenvalue weighted by atomic mass is 10.2. The highest BCUT2D eigenvalue weighted by molar-refractivity contribution is 5.31. The summed E-state index contributed by atoms with van der Waals surface area (Å²) in [4.78, 5) is 16.0. The van der Waals surface area contributed by atoms with Crippen molar-refractivity contribution in [1.82, 2.24) is 9.55 Å². The summed E-state index contributed by atoms with van der Waals surface area (Å²) in [5.41, 5.74) is 5.62. The van der Waals surface area contributed by atoms with Gasteiger partial charge in [-0.2, -0.15) is 0 Å². The van der Waals surface area contributed by atoms with Crippen LogP contribution in [0.2, 0.25) is 0 Å². The highest BCUT2D eigenvalue weighted by Crippen LogP contribution is 2.33. The zero-order valence-corrected chi connectivity index (χ0v) is 9.52. The molecule has 1 aromatic heterocycles. The molecule has 1 aromatic rings. The molecule has 5 heteroatoms. The van der Waals surface area contributed by atoms with Crippen LogP contribution in [0.5, 0.6) is 0 Å². The minimum atomic E-state index is -0.0188. The number of nitrogens with one attached hydrogen (secondary N) is 1. The lowest BCUT2D eigenvalue weighted by molar-refractivity contribution is 0.679. The number of anilines is 1. The molecule has 0 bridgehead atoms. The van der Waals surface area contributed by atoms with Gasteiger partial charge in [-0.05, 0) is 26.2 Å². The molecule has 0 spiro atoms. The molecule has 1 heterocycles. The summed E-state index contributed by atoms with van der Waals surface area (Å²) in [6.45, 7) is 2.64. The van der Waals surface area contributed by atoms with E-state index in [1.165, 1.54) is 0 Å². The summed E-state index contributed by atoms with van der Waals surface area (Å²) >= 11 is 0. The van der Waals surface area contributed by atoms with Crippen LogP contribution in [-0.4, -0.2) is 22.1 Å². The first-order valence-corrected chi connectivity index (χ1v) is 5.75. The van der Waals surface area contributed by atoms with Crippen molar-refractivity contribution in [3.8, 4) is 0 Å². The number of aromatic nitrogens is 2. The van der Waals surface area contributed by atoms with Crippen molar-refractivity contribution < 1.29 is 0 Å². The fraction of sp³-hybridized carbons (Fsp3) is 0.636. The molecule has 0 aromatic carbocycles. The van der Waals surface area contributed by atoms with E-state index >= 15 is 0 Å². The van der Waals surface area contributed by atoms with Crippen LogP contribution in [0.3, 0.4) is 0 Å². The van der Waals surface area contributed by atoms with E-state index in [-0.39, 0.29) is 11.6 Å². The van der Waals surface area contributed by atoms with Gasteiger partial charge in [0.2, 0.25) is 0 Å². The Morgan fingerprint density at radius 1 is 1.69 bits per heavy atom. The van der Waals surface area contributed by atoms with Crippen molar-refractivity contribution in [1.29, 1.82) is 0 Å². The van der Waals surface area contributed by atoms with Gasteiger partial charge in [0.1, 0.15) is 0 Å². The first kappa shape index (κ1) is 11.1. The van der Waals surface area contributed by atoms with E-state index in [4.69, 9.17) is 5.73 Å². The largest absolute Gasteiger partial charge is 0.365 e. The predicted molar refractivity (Wildman–Crippen MR) is 63.5 cm³/mol. The third-order valence-corrected chi connectivity index (χ3v) is 2.70. The van der Waals surface area contributed by atoms with Crippen LogP contribution in [0, 0.1) is 0 Å². The van der Waals surface area contributed by atoms with Crippen LogP contribution in [-0.2, 0) is 0 Å².